The van der Waals surface area contributed by atoms with Crippen molar-refractivity contribution in [2.75, 3.05) is 0 Å². The molecule has 1 N–H and O–H groups in total. The standard InChI is InChI=1S/C14H16F4O/c1-9-4-2-3-7-13(9,19)10-5-6-11(12(15)8-10)14(16,17)18/h5-6,8-9,19H,2-4,7H2,1H3. The first-order chi connectivity index (χ1) is 8.75. The number of halogens is 4. The number of benzene rings is 1. The second-order valence-electron chi connectivity index (χ2n) is 5.26. The van der Waals surface area contributed by atoms with E-state index in [-0.39, 0.29) is 11.5 Å². The predicted octanol–water partition coefficient (Wildman–Crippen LogP) is 4.24. The first-order valence-electron chi connectivity index (χ1n) is 6.35. The molecule has 0 spiro atoms. The molecule has 1 aliphatic carbocycles. The Morgan fingerprint density at radius 3 is 2.47 bits per heavy atom. The second-order valence-corrected chi connectivity index (χ2v) is 5.26. The lowest BCUT2D eigenvalue weighted by atomic mass is 9.72. The van der Waals surface area contributed by atoms with E-state index in [0.29, 0.717) is 12.5 Å². The number of aliphatic hydroxyl groups is 1. The van der Waals surface area contributed by atoms with Crippen LogP contribution in [0.2, 0.25) is 0 Å². The minimum Gasteiger partial charge on any atom is -0.385 e. The summed E-state index contributed by atoms with van der Waals surface area (Å²) in [7, 11) is 0. The molecule has 5 heteroatoms. The van der Waals surface area contributed by atoms with E-state index in [1.807, 2.05) is 6.92 Å². The van der Waals surface area contributed by atoms with E-state index < -0.39 is 23.2 Å². The maximum atomic E-state index is 13.6. The van der Waals surface area contributed by atoms with Crippen LogP contribution in [0.1, 0.15) is 43.7 Å². The summed E-state index contributed by atoms with van der Waals surface area (Å²) in [5.41, 5.74) is -2.27. The summed E-state index contributed by atoms with van der Waals surface area (Å²) >= 11 is 0. The SMILES string of the molecule is CC1CCCCC1(O)c1ccc(C(F)(F)F)c(F)c1. The number of rotatable bonds is 1. The molecule has 1 fully saturated rings. The van der Waals surface area contributed by atoms with Gasteiger partial charge in [-0.3, -0.25) is 0 Å². The first-order valence-corrected chi connectivity index (χ1v) is 6.35. The molecule has 0 amide bonds. The number of alkyl halides is 3. The van der Waals surface area contributed by atoms with Crippen molar-refractivity contribution in [1.82, 2.24) is 0 Å². The minimum atomic E-state index is -4.70. The van der Waals surface area contributed by atoms with Gasteiger partial charge in [-0.2, -0.15) is 13.2 Å². The van der Waals surface area contributed by atoms with Crippen molar-refractivity contribution in [1.29, 1.82) is 0 Å². The van der Waals surface area contributed by atoms with E-state index in [4.69, 9.17) is 0 Å². The maximum absolute atomic E-state index is 13.6. The molecule has 2 atom stereocenters. The summed E-state index contributed by atoms with van der Waals surface area (Å²) in [6, 6.07) is 2.72. The molecule has 2 rings (SSSR count). The van der Waals surface area contributed by atoms with Crippen molar-refractivity contribution in [3.05, 3.63) is 35.1 Å². The van der Waals surface area contributed by atoms with E-state index in [0.717, 1.165) is 25.3 Å². The van der Waals surface area contributed by atoms with Crippen molar-refractivity contribution in [3.8, 4) is 0 Å². The van der Waals surface area contributed by atoms with Gasteiger partial charge in [0, 0.05) is 0 Å². The van der Waals surface area contributed by atoms with Crippen molar-refractivity contribution in [2.45, 2.75) is 44.4 Å². The Kier molecular flexibility index (Phi) is 3.60. The summed E-state index contributed by atoms with van der Waals surface area (Å²) in [6.45, 7) is 1.84. The molecule has 0 bridgehead atoms. The van der Waals surface area contributed by atoms with Crippen LogP contribution >= 0.6 is 0 Å². The van der Waals surface area contributed by atoms with Gasteiger partial charge in [-0.15, -0.1) is 0 Å². The molecule has 1 aromatic rings. The van der Waals surface area contributed by atoms with Crippen LogP contribution in [0.5, 0.6) is 0 Å². The lowest BCUT2D eigenvalue weighted by Crippen LogP contribution is -2.36. The monoisotopic (exact) mass is 276 g/mol. The van der Waals surface area contributed by atoms with E-state index in [1.54, 1.807) is 0 Å². The van der Waals surface area contributed by atoms with Crippen LogP contribution < -0.4 is 0 Å². The lowest BCUT2D eigenvalue weighted by molar-refractivity contribution is -0.140. The number of hydrogen-bond donors (Lipinski definition) is 1. The van der Waals surface area contributed by atoms with Crippen molar-refractivity contribution >= 4 is 0 Å². The zero-order valence-electron chi connectivity index (χ0n) is 10.6. The Bertz CT molecular complexity index is 469. The largest absolute Gasteiger partial charge is 0.419 e. The molecule has 1 nitrogen and oxygen atoms in total. The molecule has 0 aliphatic heterocycles. The molecule has 0 heterocycles. The Hall–Kier alpha value is -1.10. The molecule has 0 radical (unpaired) electrons. The smallest absolute Gasteiger partial charge is 0.385 e. The fraction of sp³-hybridized carbons (Fsp3) is 0.571. The summed E-state index contributed by atoms with van der Waals surface area (Å²) < 4.78 is 51.0. The highest BCUT2D eigenvalue weighted by atomic mass is 19.4. The zero-order chi connectivity index (χ0) is 14.3. The fourth-order valence-electron chi connectivity index (χ4n) is 2.77. The van der Waals surface area contributed by atoms with E-state index in [2.05, 4.69) is 0 Å². The highest BCUT2D eigenvalue weighted by Crippen LogP contribution is 2.42. The third-order valence-electron chi connectivity index (χ3n) is 4.03. The Labute approximate surface area is 109 Å². The van der Waals surface area contributed by atoms with Crippen LogP contribution in [0, 0.1) is 11.7 Å². The molecule has 106 valence electrons. The molecule has 19 heavy (non-hydrogen) atoms. The van der Waals surface area contributed by atoms with Gasteiger partial charge in [0.25, 0.3) is 0 Å². The molecule has 0 saturated heterocycles. The lowest BCUT2D eigenvalue weighted by Gasteiger charge is -2.38. The molecule has 1 saturated carbocycles. The summed E-state index contributed by atoms with van der Waals surface area (Å²) in [4.78, 5) is 0. The van der Waals surface area contributed by atoms with E-state index >= 15 is 0 Å². The third kappa shape index (κ3) is 2.61. The van der Waals surface area contributed by atoms with Gasteiger partial charge in [0.2, 0.25) is 0 Å². The topological polar surface area (TPSA) is 20.2 Å². The highest BCUT2D eigenvalue weighted by Gasteiger charge is 2.40. The van der Waals surface area contributed by atoms with Crippen molar-refractivity contribution < 1.29 is 22.7 Å². The quantitative estimate of drug-likeness (QED) is 0.760. The summed E-state index contributed by atoms with van der Waals surface area (Å²) in [5.74, 6) is -1.41. The average molecular weight is 276 g/mol. The summed E-state index contributed by atoms with van der Waals surface area (Å²) in [5, 5.41) is 10.6. The van der Waals surface area contributed by atoms with Crippen LogP contribution in [0.25, 0.3) is 0 Å². The summed E-state index contributed by atoms with van der Waals surface area (Å²) in [6.07, 6.45) is -1.68. The molecule has 1 aliphatic rings. The average Bonchev–Trinajstić information content (AvgIpc) is 2.31. The van der Waals surface area contributed by atoms with Crippen molar-refractivity contribution in [2.24, 2.45) is 5.92 Å². The number of hydrogen-bond acceptors (Lipinski definition) is 1. The van der Waals surface area contributed by atoms with E-state index in [9.17, 15) is 22.7 Å². The van der Waals surface area contributed by atoms with Gasteiger partial charge < -0.3 is 5.11 Å². The maximum Gasteiger partial charge on any atom is 0.419 e. The zero-order valence-corrected chi connectivity index (χ0v) is 10.6. The van der Waals surface area contributed by atoms with Gasteiger partial charge in [-0.05, 0) is 36.5 Å². The van der Waals surface area contributed by atoms with E-state index in [1.165, 1.54) is 6.07 Å². The van der Waals surface area contributed by atoms with Crippen molar-refractivity contribution in [3.63, 3.8) is 0 Å². The van der Waals surface area contributed by atoms with Gasteiger partial charge in [-0.25, -0.2) is 4.39 Å². The first kappa shape index (κ1) is 14.3. The van der Waals surface area contributed by atoms with Crippen LogP contribution in [0.15, 0.2) is 18.2 Å². The molecule has 0 aromatic heterocycles. The predicted molar refractivity (Wildman–Crippen MR) is 62.9 cm³/mol. The molecule has 2 unspecified atom stereocenters. The Balaban J connectivity index is 2.39. The van der Waals surface area contributed by atoms with Crippen LogP contribution in [-0.4, -0.2) is 5.11 Å². The normalized spacial score (nSPS) is 28.4. The fourth-order valence-corrected chi connectivity index (χ4v) is 2.77. The van der Waals surface area contributed by atoms with Gasteiger partial charge in [-0.1, -0.05) is 25.8 Å². The van der Waals surface area contributed by atoms with Gasteiger partial charge >= 0.3 is 6.18 Å². The third-order valence-corrected chi connectivity index (χ3v) is 4.03. The van der Waals surface area contributed by atoms with Gasteiger partial charge in [0.1, 0.15) is 5.82 Å². The highest BCUT2D eigenvalue weighted by molar-refractivity contribution is 5.31. The van der Waals surface area contributed by atoms with Gasteiger partial charge in [0.05, 0.1) is 11.2 Å². The van der Waals surface area contributed by atoms with Crippen LogP contribution in [0.3, 0.4) is 0 Å². The van der Waals surface area contributed by atoms with Gasteiger partial charge in [0.15, 0.2) is 0 Å². The van der Waals surface area contributed by atoms with Crippen LogP contribution in [0.4, 0.5) is 17.6 Å². The second kappa shape index (κ2) is 4.78. The molecular formula is C14H16F4O. The molecular weight excluding hydrogens is 260 g/mol. The minimum absolute atomic E-state index is 0.0858. The Morgan fingerprint density at radius 2 is 1.95 bits per heavy atom. The molecule has 1 aromatic carbocycles. The van der Waals surface area contributed by atoms with Crippen LogP contribution in [-0.2, 0) is 11.8 Å². The Morgan fingerprint density at radius 1 is 1.26 bits per heavy atom.